The van der Waals surface area contributed by atoms with E-state index in [1.54, 1.807) is 43.2 Å². The van der Waals surface area contributed by atoms with Gasteiger partial charge in [0.05, 0.1) is 13.7 Å². The molecular formula is C17H21NO4. The van der Waals surface area contributed by atoms with Gasteiger partial charge in [0.15, 0.2) is 0 Å². The maximum Gasteiger partial charge on any atom is 0.329 e. The van der Waals surface area contributed by atoms with Crippen LogP contribution in [-0.2, 0) is 9.53 Å². The second-order valence-electron chi connectivity index (χ2n) is 5.86. The van der Waals surface area contributed by atoms with Gasteiger partial charge in [-0.25, -0.2) is 4.79 Å². The largest absolute Gasteiger partial charge is 0.497 e. The minimum atomic E-state index is -0.423. The molecule has 3 unspecified atom stereocenters. The number of nitrogens with zero attached hydrogens (tertiary/aromatic N) is 1. The molecule has 3 rings (SSSR count). The van der Waals surface area contributed by atoms with Crippen molar-refractivity contribution >= 4 is 11.9 Å². The number of piperidine rings is 1. The van der Waals surface area contributed by atoms with Crippen molar-refractivity contribution in [3.63, 3.8) is 0 Å². The van der Waals surface area contributed by atoms with Crippen LogP contribution in [0.4, 0.5) is 0 Å². The van der Waals surface area contributed by atoms with E-state index < -0.39 is 6.04 Å². The van der Waals surface area contributed by atoms with Crippen LogP contribution in [0.2, 0.25) is 0 Å². The zero-order valence-electron chi connectivity index (χ0n) is 13.0. The molecule has 0 N–H and O–H groups in total. The molecule has 118 valence electrons. The molecule has 1 aliphatic heterocycles. The van der Waals surface area contributed by atoms with E-state index in [0.717, 1.165) is 19.3 Å². The number of ether oxygens (including phenoxy) is 2. The van der Waals surface area contributed by atoms with Crippen LogP contribution in [0.3, 0.4) is 0 Å². The van der Waals surface area contributed by atoms with Gasteiger partial charge in [0.25, 0.3) is 5.91 Å². The monoisotopic (exact) mass is 303 g/mol. The number of carbonyl (C=O) groups is 2. The molecule has 0 radical (unpaired) electrons. The van der Waals surface area contributed by atoms with Crippen molar-refractivity contribution in [2.75, 3.05) is 13.7 Å². The number of likely N-dealkylation sites (tertiary alicyclic amines) is 1. The molecule has 1 aromatic rings. The number of fused-ring (bicyclic) bond motifs is 2. The quantitative estimate of drug-likeness (QED) is 0.801. The van der Waals surface area contributed by atoms with Crippen molar-refractivity contribution in [2.24, 2.45) is 5.92 Å². The smallest absolute Gasteiger partial charge is 0.329 e. The maximum atomic E-state index is 12.8. The second kappa shape index (κ2) is 5.99. The predicted octanol–water partition coefficient (Wildman–Crippen LogP) is 2.25. The summed E-state index contributed by atoms with van der Waals surface area (Å²) in [6, 6.07) is 6.76. The summed E-state index contributed by atoms with van der Waals surface area (Å²) in [6.45, 7) is 2.14. The van der Waals surface area contributed by atoms with Crippen LogP contribution in [0.5, 0.6) is 5.75 Å². The highest BCUT2D eigenvalue weighted by atomic mass is 16.5. The van der Waals surface area contributed by atoms with E-state index in [9.17, 15) is 9.59 Å². The predicted molar refractivity (Wildman–Crippen MR) is 80.7 cm³/mol. The lowest BCUT2D eigenvalue weighted by Crippen LogP contribution is -2.49. The minimum Gasteiger partial charge on any atom is -0.497 e. The molecule has 0 spiro atoms. The topological polar surface area (TPSA) is 55.8 Å². The fraction of sp³-hybridized carbons (Fsp3) is 0.529. The summed E-state index contributed by atoms with van der Waals surface area (Å²) in [6.07, 6.45) is 2.88. The van der Waals surface area contributed by atoms with Gasteiger partial charge in [0.2, 0.25) is 0 Å². The van der Waals surface area contributed by atoms with Crippen molar-refractivity contribution in [2.45, 2.75) is 38.3 Å². The first-order chi connectivity index (χ1) is 10.7. The van der Waals surface area contributed by atoms with E-state index in [4.69, 9.17) is 9.47 Å². The Morgan fingerprint density at radius 2 is 1.95 bits per heavy atom. The van der Waals surface area contributed by atoms with Gasteiger partial charge in [-0.05, 0) is 56.4 Å². The molecule has 5 nitrogen and oxygen atoms in total. The fourth-order valence-corrected chi connectivity index (χ4v) is 3.69. The number of benzene rings is 1. The summed E-state index contributed by atoms with van der Waals surface area (Å²) < 4.78 is 10.3. The highest BCUT2D eigenvalue weighted by Gasteiger charge is 2.52. The fourth-order valence-electron chi connectivity index (χ4n) is 3.69. The van der Waals surface area contributed by atoms with E-state index in [1.807, 2.05) is 0 Å². The Morgan fingerprint density at radius 3 is 2.59 bits per heavy atom. The summed E-state index contributed by atoms with van der Waals surface area (Å²) in [4.78, 5) is 26.8. The first kappa shape index (κ1) is 14.9. The molecule has 1 aromatic carbocycles. The van der Waals surface area contributed by atoms with Crippen molar-refractivity contribution in [3.05, 3.63) is 29.8 Å². The maximum absolute atomic E-state index is 12.8. The number of amides is 1. The molecule has 2 bridgehead atoms. The second-order valence-corrected chi connectivity index (χ2v) is 5.86. The lowest BCUT2D eigenvalue weighted by molar-refractivity contribution is -0.150. The van der Waals surface area contributed by atoms with Gasteiger partial charge in [-0.2, -0.15) is 0 Å². The molecule has 2 aliphatic rings. The van der Waals surface area contributed by atoms with Crippen molar-refractivity contribution in [3.8, 4) is 5.75 Å². The average Bonchev–Trinajstić information content (AvgIpc) is 3.15. The number of carbonyl (C=O) groups excluding carboxylic acids is 2. The van der Waals surface area contributed by atoms with Crippen molar-refractivity contribution in [1.29, 1.82) is 0 Å². The molecule has 1 saturated carbocycles. The number of methoxy groups -OCH3 is 1. The average molecular weight is 303 g/mol. The van der Waals surface area contributed by atoms with E-state index in [1.165, 1.54) is 0 Å². The Balaban J connectivity index is 1.84. The van der Waals surface area contributed by atoms with Crippen LogP contribution in [-0.4, -0.2) is 42.6 Å². The normalized spacial score (nSPS) is 26.1. The number of hydrogen-bond donors (Lipinski definition) is 0. The Bertz CT molecular complexity index is 569. The third kappa shape index (κ3) is 2.45. The molecule has 1 amide bonds. The molecule has 22 heavy (non-hydrogen) atoms. The summed E-state index contributed by atoms with van der Waals surface area (Å²) in [5.74, 6) is 0.595. The summed E-state index contributed by atoms with van der Waals surface area (Å²) in [5.41, 5.74) is 0.586. The number of esters is 1. The zero-order chi connectivity index (χ0) is 15.7. The molecule has 0 aromatic heterocycles. The Hall–Kier alpha value is -2.04. The van der Waals surface area contributed by atoms with Gasteiger partial charge in [-0.1, -0.05) is 0 Å². The third-order valence-electron chi connectivity index (χ3n) is 4.68. The molecule has 2 fully saturated rings. The van der Waals surface area contributed by atoms with Crippen LogP contribution in [0.15, 0.2) is 24.3 Å². The van der Waals surface area contributed by atoms with Crippen LogP contribution < -0.4 is 4.74 Å². The van der Waals surface area contributed by atoms with Crippen molar-refractivity contribution < 1.29 is 19.1 Å². The zero-order valence-corrected chi connectivity index (χ0v) is 13.0. The Kier molecular flexibility index (Phi) is 4.05. The van der Waals surface area contributed by atoms with Gasteiger partial charge < -0.3 is 14.4 Å². The standard InChI is InChI=1S/C17H21NO4/c1-3-22-17(20)15-12-4-7-13(10-12)18(15)16(19)11-5-8-14(21-2)9-6-11/h5-6,8-9,12-13,15H,3-4,7,10H2,1-2H3. The molecule has 5 heteroatoms. The lowest BCUT2D eigenvalue weighted by atomic mass is 9.98. The highest BCUT2D eigenvalue weighted by molar-refractivity contribution is 5.97. The van der Waals surface area contributed by atoms with Crippen molar-refractivity contribution in [1.82, 2.24) is 4.90 Å². The van der Waals surface area contributed by atoms with Gasteiger partial charge in [0, 0.05) is 11.6 Å². The molecule has 1 saturated heterocycles. The van der Waals surface area contributed by atoms with E-state index in [0.29, 0.717) is 17.9 Å². The molecular weight excluding hydrogens is 282 g/mol. The first-order valence-corrected chi connectivity index (χ1v) is 7.79. The van der Waals surface area contributed by atoms with E-state index in [-0.39, 0.29) is 23.8 Å². The van der Waals surface area contributed by atoms with Crippen LogP contribution in [0, 0.1) is 5.92 Å². The summed E-state index contributed by atoms with van der Waals surface area (Å²) >= 11 is 0. The van der Waals surface area contributed by atoms with Gasteiger partial charge in [-0.15, -0.1) is 0 Å². The summed E-state index contributed by atoms with van der Waals surface area (Å²) in [5, 5.41) is 0. The van der Waals surface area contributed by atoms with Crippen LogP contribution >= 0.6 is 0 Å². The molecule has 1 aliphatic carbocycles. The van der Waals surface area contributed by atoms with Gasteiger partial charge in [-0.3, -0.25) is 4.79 Å². The van der Waals surface area contributed by atoms with Crippen LogP contribution in [0.25, 0.3) is 0 Å². The highest BCUT2D eigenvalue weighted by Crippen LogP contribution is 2.43. The van der Waals surface area contributed by atoms with E-state index in [2.05, 4.69) is 0 Å². The Labute approximate surface area is 130 Å². The number of rotatable bonds is 4. The van der Waals surface area contributed by atoms with Gasteiger partial charge >= 0.3 is 5.97 Å². The van der Waals surface area contributed by atoms with Gasteiger partial charge in [0.1, 0.15) is 11.8 Å². The number of hydrogen-bond acceptors (Lipinski definition) is 4. The molecule has 1 heterocycles. The molecule has 3 atom stereocenters. The third-order valence-corrected chi connectivity index (χ3v) is 4.68. The minimum absolute atomic E-state index is 0.0899. The van der Waals surface area contributed by atoms with E-state index >= 15 is 0 Å². The Morgan fingerprint density at radius 1 is 1.23 bits per heavy atom. The summed E-state index contributed by atoms with van der Waals surface area (Å²) in [7, 11) is 1.59. The van der Waals surface area contributed by atoms with Crippen LogP contribution in [0.1, 0.15) is 36.5 Å². The lowest BCUT2D eigenvalue weighted by Gasteiger charge is -2.33. The first-order valence-electron chi connectivity index (χ1n) is 7.79. The SMILES string of the molecule is CCOC(=O)C1C2CCC(C2)N1C(=O)c1ccc(OC)cc1.